The number of methoxy groups -OCH3 is 1. The van der Waals surface area contributed by atoms with Crippen molar-refractivity contribution in [2.45, 2.75) is 6.54 Å². The maximum absolute atomic E-state index is 9.09. The summed E-state index contributed by atoms with van der Waals surface area (Å²) >= 11 is 0. The molecular weight excluding hydrogens is 252 g/mol. The lowest BCUT2D eigenvalue weighted by molar-refractivity contribution is 0.138. The van der Waals surface area contributed by atoms with Gasteiger partial charge < -0.3 is 4.74 Å². The minimum absolute atomic E-state index is 0.509. The van der Waals surface area contributed by atoms with Crippen molar-refractivity contribution in [3.63, 3.8) is 0 Å². The molecule has 0 atom stereocenters. The Kier molecular flexibility index (Phi) is 4.95. The smallest absolute Gasteiger partial charge is 0.136 e. The molecule has 0 saturated carbocycles. The van der Waals surface area contributed by atoms with Crippen molar-refractivity contribution in [3.8, 4) is 17.9 Å². The van der Waals surface area contributed by atoms with Gasteiger partial charge in [0.25, 0.3) is 0 Å². The fourth-order valence-electron chi connectivity index (χ4n) is 2.40. The van der Waals surface area contributed by atoms with E-state index < -0.39 is 0 Å². The minimum Gasteiger partial charge on any atom is -0.495 e. The monoisotopic (exact) mass is 270 g/mol. The third-order valence-corrected chi connectivity index (χ3v) is 3.55. The molecule has 1 aliphatic heterocycles. The maximum Gasteiger partial charge on any atom is 0.136 e. The van der Waals surface area contributed by atoms with Gasteiger partial charge in [0.2, 0.25) is 0 Å². The van der Waals surface area contributed by atoms with Gasteiger partial charge in [-0.1, -0.05) is 6.07 Å². The molecule has 0 bridgehead atoms. The van der Waals surface area contributed by atoms with Crippen LogP contribution in [0.25, 0.3) is 0 Å². The molecule has 0 spiro atoms. The molecule has 2 rings (SSSR count). The van der Waals surface area contributed by atoms with Gasteiger partial charge in [-0.15, -0.1) is 0 Å². The largest absolute Gasteiger partial charge is 0.495 e. The van der Waals surface area contributed by atoms with Crippen molar-refractivity contribution in [1.29, 1.82) is 10.5 Å². The first-order valence-electron chi connectivity index (χ1n) is 6.65. The van der Waals surface area contributed by atoms with Gasteiger partial charge in [0.05, 0.1) is 25.3 Å². The molecule has 5 nitrogen and oxygen atoms in total. The maximum atomic E-state index is 9.09. The number of nitrogens with zero attached hydrogens (tertiary/aromatic N) is 4. The van der Waals surface area contributed by atoms with Crippen molar-refractivity contribution < 1.29 is 4.74 Å². The second-order valence-corrected chi connectivity index (χ2v) is 4.86. The van der Waals surface area contributed by atoms with Gasteiger partial charge in [-0.05, 0) is 17.7 Å². The summed E-state index contributed by atoms with van der Waals surface area (Å²) in [5.41, 5.74) is 1.70. The molecule has 1 aromatic rings. The van der Waals surface area contributed by atoms with E-state index in [0.717, 1.165) is 38.3 Å². The highest BCUT2D eigenvalue weighted by molar-refractivity contribution is 5.45. The van der Waals surface area contributed by atoms with Gasteiger partial charge >= 0.3 is 0 Å². The lowest BCUT2D eigenvalue weighted by Gasteiger charge is -2.33. The van der Waals surface area contributed by atoms with Crippen LogP contribution >= 0.6 is 0 Å². The van der Waals surface area contributed by atoms with Crippen LogP contribution in [0.2, 0.25) is 0 Å². The Morgan fingerprint density at radius 3 is 2.45 bits per heavy atom. The van der Waals surface area contributed by atoms with E-state index >= 15 is 0 Å². The van der Waals surface area contributed by atoms with Crippen molar-refractivity contribution in [2.24, 2.45) is 0 Å². The predicted octanol–water partition coefficient (Wildman–Crippen LogP) is 1.21. The van der Waals surface area contributed by atoms with Gasteiger partial charge in [-0.2, -0.15) is 10.5 Å². The summed E-state index contributed by atoms with van der Waals surface area (Å²) in [7, 11) is 1.57. The zero-order valence-corrected chi connectivity index (χ0v) is 11.7. The number of nitriles is 2. The average Bonchev–Trinajstić information content (AvgIpc) is 2.49. The van der Waals surface area contributed by atoms with Crippen LogP contribution < -0.4 is 4.74 Å². The van der Waals surface area contributed by atoms with Crippen LogP contribution in [0.1, 0.15) is 11.1 Å². The predicted molar refractivity (Wildman–Crippen MR) is 75.0 cm³/mol. The van der Waals surface area contributed by atoms with Gasteiger partial charge in [-0.3, -0.25) is 9.80 Å². The van der Waals surface area contributed by atoms with Gasteiger partial charge in [-0.25, -0.2) is 0 Å². The molecule has 20 heavy (non-hydrogen) atoms. The molecule has 1 aliphatic rings. The summed E-state index contributed by atoms with van der Waals surface area (Å²) in [6, 6.07) is 10.1. The molecule has 0 aromatic heterocycles. The van der Waals surface area contributed by atoms with Crippen LogP contribution in [-0.4, -0.2) is 49.6 Å². The third kappa shape index (κ3) is 3.48. The Bertz CT molecular complexity index is 536. The zero-order valence-electron chi connectivity index (χ0n) is 11.7. The van der Waals surface area contributed by atoms with Crippen LogP contribution in [0.5, 0.6) is 5.75 Å². The minimum atomic E-state index is 0.509. The highest BCUT2D eigenvalue weighted by Gasteiger charge is 2.16. The van der Waals surface area contributed by atoms with E-state index in [-0.39, 0.29) is 0 Å². The van der Waals surface area contributed by atoms with Crippen LogP contribution in [0, 0.1) is 22.7 Å². The van der Waals surface area contributed by atoms with E-state index in [1.807, 2.05) is 18.2 Å². The van der Waals surface area contributed by atoms with E-state index in [0.29, 0.717) is 17.9 Å². The number of benzene rings is 1. The summed E-state index contributed by atoms with van der Waals surface area (Å²) in [5, 5.41) is 17.8. The topological polar surface area (TPSA) is 63.3 Å². The number of hydrogen-bond acceptors (Lipinski definition) is 5. The SMILES string of the molecule is COc1ccc(CN2CCN(CC#N)CC2)cc1C#N. The first-order chi connectivity index (χ1) is 9.76. The standard InChI is InChI=1S/C15H18N4O/c1-20-15-3-2-13(10-14(15)11-17)12-19-8-6-18(5-4-16)7-9-19/h2-3,10H,5-9,12H2,1H3. The number of piperazine rings is 1. The van der Waals surface area contributed by atoms with Gasteiger partial charge in [0, 0.05) is 32.7 Å². The van der Waals surface area contributed by atoms with Crippen LogP contribution in [0.3, 0.4) is 0 Å². The molecule has 104 valence electrons. The molecule has 0 unspecified atom stereocenters. The van der Waals surface area contributed by atoms with E-state index in [1.165, 1.54) is 0 Å². The fraction of sp³-hybridized carbons (Fsp3) is 0.467. The second-order valence-electron chi connectivity index (χ2n) is 4.86. The van der Waals surface area contributed by atoms with Crippen molar-refractivity contribution in [2.75, 3.05) is 39.8 Å². The van der Waals surface area contributed by atoms with Crippen molar-refractivity contribution in [1.82, 2.24) is 9.80 Å². The lowest BCUT2D eigenvalue weighted by atomic mass is 10.1. The molecule has 0 aliphatic carbocycles. The quantitative estimate of drug-likeness (QED) is 0.769. The third-order valence-electron chi connectivity index (χ3n) is 3.55. The van der Waals surface area contributed by atoms with E-state index in [1.54, 1.807) is 7.11 Å². The molecule has 5 heteroatoms. The molecule has 0 N–H and O–H groups in total. The molecule has 1 heterocycles. The number of rotatable bonds is 4. The molecule has 1 fully saturated rings. The number of hydrogen-bond donors (Lipinski definition) is 0. The Hall–Kier alpha value is -2.08. The summed E-state index contributed by atoms with van der Waals surface area (Å²) in [5.74, 6) is 0.620. The van der Waals surface area contributed by atoms with Crippen molar-refractivity contribution >= 4 is 0 Å². The van der Waals surface area contributed by atoms with Gasteiger partial charge in [0.15, 0.2) is 0 Å². The lowest BCUT2D eigenvalue weighted by Crippen LogP contribution is -2.45. The average molecular weight is 270 g/mol. The van der Waals surface area contributed by atoms with E-state index in [9.17, 15) is 0 Å². The Morgan fingerprint density at radius 2 is 1.85 bits per heavy atom. The fourth-order valence-corrected chi connectivity index (χ4v) is 2.40. The summed E-state index contributed by atoms with van der Waals surface area (Å²) in [6.45, 7) is 5.10. The zero-order chi connectivity index (χ0) is 14.4. The summed E-state index contributed by atoms with van der Waals surface area (Å²) in [6.07, 6.45) is 0. The first kappa shape index (κ1) is 14.3. The molecular formula is C15H18N4O. The second kappa shape index (κ2) is 6.91. The summed E-state index contributed by atoms with van der Waals surface area (Å²) < 4.78 is 5.15. The van der Waals surface area contributed by atoms with Crippen molar-refractivity contribution in [3.05, 3.63) is 29.3 Å². The van der Waals surface area contributed by atoms with E-state index in [2.05, 4.69) is 21.9 Å². The van der Waals surface area contributed by atoms with E-state index in [4.69, 9.17) is 15.3 Å². The molecule has 1 aromatic carbocycles. The Balaban J connectivity index is 1.95. The first-order valence-corrected chi connectivity index (χ1v) is 6.65. The molecule has 0 radical (unpaired) electrons. The molecule has 1 saturated heterocycles. The van der Waals surface area contributed by atoms with Gasteiger partial charge in [0.1, 0.15) is 11.8 Å². The normalized spacial score (nSPS) is 16.4. The highest BCUT2D eigenvalue weighted by Crippen LogP contribution is 2.20. The van der Waals surface area contributed by atoms with Crippen LogP contribution in [-0.2, 0) is 6.54 Å². The Labute approximate surface area is 119 Å². The number of ether oxygens (including phenoxy) is 1. The Morgan fingerprint density at radius 1 is 1.15 bits per heavy atom. The molecule has 0 amide bonds. The van der Waals surface area contributed by atoms with Crippen LogP contribution in [0.15, 0.2) is 18.2 Å². The summed E-state index contributed by atoms with van der Waals surface area (Å²) in [4.78, 5) is 4.50. The van der Waals surface area contributed by atoms with Crippen LogP contribution in [0.4, 0.5) is 0 Å². The highest BCUT2D eigenvalue weighted by atomic mass is 16.5.